The van der Waals surface area contributed by atoms with Gasteiger partial charge in [0.25, 0.3) is 0 Å². The van der Waals surface area contributed by atoms with Crippen molar-refractivity contribution in [2.24, 2.45) is 0 Å². The van der Waals surface area contributed by atoms with E-state index < -0.39 is 8.07 Å². The molecule has 4 rings (SSSR count). The summed E-state index contributed by atoms with van der Waals surface area (Å²) in [5, 5.41) is 3.59. The summed E-state index contributed by atoms with van der Waals surface area (Å²) in [4.78, 5) is 8.85. The molecule has 1 aromatic carbocycles. The number of pyridine rings is 2. The summed E-state index contributed by atoms with van der Waals surface area (Å²) in [6.45, 7) is 7.02. The molecule has 0 fully saturated rings. The first-order valence-electron chi connectivity index (χ1n) is 7.69. The number of hydrogen-bond donors (Lipinski definition) is 0. The molecule has 0 aliphatic heterocycles. The van der Waals surface area contributed by atoms with Crippen molar-refractivity contribution in [3.8, 4) is 11.3 Å². The maximum absolute atomic E-state index is 6.11. The molecule has 0 spiro atoms. The van der Waals surface area contributed by atoms with Crippen LogP contribution in [-0.4, -0.2) is 18.0 Å². The Balaban J connectivity index is 0.00000169. The van der Waals surface area contributed by atoms with Gasteiger partial charge in [-0.1, -0.05) is 42.7 Å². The zero-order chi connectivity index (χ0) is 16.0. The molecule has 0 aliphatic rings. The van der Waals surface area contributed by atoms with Crippen LogP contribution in [0.4, 0.5) is 0 Å². The van der Waals surface area contributed by atoms with E-state index in [0.717, 1.165) is 22.2 Å². The monoisotopic (exact) mass is 510 g/mol. The molecule has 1 radical (unpaired) electrons. The molecule has 0 aliphatic carbocycles. The number of nitrogens with zero attached hydrogens (tertiary/aromatic N) is 2. The van der Waals surface area contributed by atoms with E-state index >= 15 is 0 Å². The van der Waals surface area contributed by atoms with E-state index in [9.17, 15) is 0 Å². The Morgan fingerprint density at radius 3 is 2.50 bits per heavy atom. The number of hydrogen-bond acceptors (Lipinski definition) is 3. The Morgan fingerprint density at radius 2 is 1.79 bits per heavy atom. The number of benzene rings is 1. The van der Waals surface area contributed by atoms with Crippen molar-refractivity contribution >= 4 is 35.3 Å². The van der Waals surface area contributed by atoms with Gasteiger partial charge in [-0.3, -0.25) is 0 Å². The van der Waals surface area contributed by atoms with Crippen LogP contribution in [0.1, 0.15) is 0 Å². The van der Waals surface area contributed by atoms with E-state index in [-0.39, 0.29) is 20.1 Å². The van der Waals surface area contributed by atoms with Gasteiger partial charge in [0, 0.05) is 46.0 Å². The second-order valence-electron chi connectivity index (χ2n) is 6.70. The summed E-state index contributed by atoms with van der Waals surface area (Å²) >= 11 is 0. The molecule has 24 heavy (non-hydrogen) atoms. The zero-order valence-corrected chi connectivity index (χ0v) is 17.1. The van der Waals surface area contributed by atoms with Crippen LogP contribution in [0.5, 0.6) is 0 Å². The van der Waals surface area contributed by atoms with E-state index in [0.29, 0.717) is 5.71 Å². The first-order chi connectivity index (χ1) is 11.1. The Bertz CT molecular complexity index is 1010. The third kappa shape index (κ3) is 2.73. The number of aromatic nitrogens is 2. The molecule has 0 amide bonds. The minimum atomic E-state index is -1.54. The molecule has 5 heteroatoms. The fraction of sp³-hybridized carbons (Fsp3) is 0.158. The van der Waals surface area contributed by atoms with Crippen molar-refractivity contribution in [3.05, 3.63) is 54.9 Å². The van der Waals surface area contributed by atoms with Gasteiger partial charge >= 0.3 is 0 Å². The summed E-state index contributed by atoms with van der Waals surface area (Å²) in [5.74, 6) is 0. The standard InChI is InChI=1S/C19H17N2OSi.Ir/c1-23(2,3)16-10-9-13(15-8-4-5-11-20-15)18-17(16)14-7-6-12-21-19(14)22-18;/h4-8,10-12H,1-3H3;/q-1;. The summed E-state index contributed by atoms with van der Waals surface area (Å²) in [5.41, 5.74) is 3.30. The van der Waals surface area contributed by atoms with E-state index in [1.54, 1.807) is 12.4 Å². The van der Waals surface area contributed by atoms with Gasteiger partial charge in [0.1, 0.15) is 0 Å². The van der Waals surface area contributed by atoms with Gasteiger partial charge in [0.15, 0.2) is 0 Å². The normalized spacial score (nSPS) is 11.6. The molecule has 0 atom stereocenters. The molecule has 0 saturated carbocycles. The minimum absolute atomic E-state index is 0. The molecule has 3 heterocycles. The van der Waals surface area contributed by atoms with Crippen LogP contribution in [0.15, 0.2) is 53.2 Å². The van der Waals surface area contributed by atoms with E-state index in [1.807, 2.05) is 24.3 Å². The number of furan rings is 1. The third-order valence-electron chi connectivity index (χ3n) is 4.05. The zero-order valence-electron chi connectivity index (χ0n) is 13.8. The summed E-state index contributed by atoms with van der Waals surface area (Å²) in [6.07, 6.45) is 3.56. The number of fused-ring (bicyclic) bond motifs is 3. The molecule has 3 nitrogen and oxygen atoms in total. The predicted octanol–water partition coefficient (Wildman–Crippen LogP) is 4.39. The average molecular weight is 510 g/mol. The van der Waals surface area contributed by atoms with Gasteiger partial charge in [-0.2, -0.15) is 0 Å². The SMILES string of the molecule is C[Si](C)(C)c1c[c-]c(-c2ccccn2)c2oc3ncccc3c12.[Ir]. The van der Waals surface area contributed by atoms with Crippen LogP contribution in [0.25, 0.3) is 33.3 Å². The smallest absolute Gasteiger partial charge is 0.216 e. The van der Waals surface area contributed by atoms with Crippen LogP contribution in [0.3, 0.4) is 0 Å². The molecular formula is C19H17IrN2OSi-. The molecule has 0 bridgehead atoms. The van der Waals surface area contributed by atoms with Crippen molar-refractivity contribution in [2.45, 2.75) is 19.6 Å². The maximum Gasteiger partial charge on any atom is 0.216 e. The Labute approximate surface area is 155 Å². The van der Waals surface area contributed by atoms with E-state index in [4.69, 9.17) is 4.42 Å². The van der Waals surface area contributed by atoms with Crippen LogP contribution in [0, 0.1) is 6.07 Å². The fourth-order valence-electron chi connectivity index (χ4n) is 2.95. The molecule has 4 aromatic rings. The molecule has 123 valence electrons. The van der Waals surface area contributed by atoms with Crippen LogP contribution in [-0.2, 0) is 20.1 Å². The first kappa shape index (κ1) is 17.0. The average Bonchev–Trinajstić information content (AvgIpc) is 2.93. The van der Waals surface area contributed by atoms with Crippen molar-refractivity contribution in [2.75, 3.05) is 0 Å². The first-order valence-corrected chi connectivity index (χ1v) is 11.2. The summed E-state index contributed by atoms with van der Waals surface area (Å²) < 4.78 is 6.11. The van der Waals surface area contributed by atoms with Gasteiger partial charge < -0.3 is 9.40 Å². The van der Waals surface area contributed by atoms with Crippen LogP contribution < -0.4 is 5.19 Å². The van der Waals surface area contributed by atoms with Crippen molar-refractivity contribution < 1.29 is 24.5 Å². The molecule has 0 unspecified atom stereocenters. The third-order valence-corrected chi connectivity index (χ3v) is 6.06. The second kappa shape index (κ2) is 6.24. The predicted molar refractivity (Wildman–Crippen MR) is 96.6 cm³/mol. The van der Waals surface area contributed by atoms with Gasteiger partial charge in [0.05, 0.1) is 5.58 Å². The Morgan fingerprint density at radius 1 is 1.00 bits per heavy atom. The van der Waals surface area contributed by atoms with Crippen LogP contribution >= 0.6 is 0 Å². The summed E-state index contributed by atoms with van der Waals surface area (Å²) in [7, 11) is -1.54. The van der Waals surface area contributed by atoms with Crippen molar-refractivity contribution in [1.82, 2.24) is 9.97 Å². The van der Waals surface area contributed by atoms with E-state index in [1.165, 1.54) is 10.6 Å². The minimum Gasteiger partial charge on any atom is -0.486 e. The van der Waals surface area contributed by atoms with Gasteiger partial charge in [-0.05, 0) is 23.9 Å². The topological polar surface area (TPSA) is 38.9 Å². The molecule has 3 aromatic heterocycles. The van der Waals surface area contributed by atoms with Crippen molar-refractivity contribution in [1.29, 1.82) is 0 Å². The molecule has 0 saturated heterocycles. The molecule has 0 N–H and O–H groups in total. The summed E-state index contributed by atoms with van der Waals surface area (Å²) in [6, 6.07) is 15.5. The molecular weight excluding hydrogens is 493 g/mol. The van der Waals surface area contributed by atoms with Gasteiger partial charge in [0.2, 0.25) is 5.71 Å². The van der Waals surface area contributed by atoms with Gasteiger partial charge in [-0.15, -0.1) is 17.3 Å². The quantitative estimate of drug-likeness (QED) is 0.297. The van der Waals surface area contributed by atoms with Crippen LogP contribution in [0.2, 0.25) is 19.6 Å². The Hall–Kier alpha value is -1.81. The second-order valence-corrected chi connectivity index (χ2v) is 11.7. The Kier molecular flexibility index (Phi) is 4.43. The van der Waals surface area contributed by atoms with E-state index in [2.05, 4.69) is 47.8 Å². The fourth-order valence-corrected chi connectivity index (χ4v) is 4.45. The maximum atomic E-state index is 6.11. The largest absolute Gasteiger partial charge is 0.486 e. The number of rotatable bonds is 2. The van der Waals surface area contributed by atoms with Crippen molar-refractivity contribution in [3.63, 3.8) is 0 Å². The van der Waals surface area contributed by atoms with Gasteiger partial charge in [-0.25, -0.2) is 4.98 Å².